The fraction of sp³-hybridized carbons (Fsp3) is 0.538. The fourth-order valence-electron chi connectivity index (χ4n) is 2.22. The second-order valence-corrected chi connectivity index (χ2v) is 6.71. The molecule has 0 heterocycles. The Kier molecular flexibility index (Phi) is 4.04. The zero-order valence-corrected chi connectivity index (χ0v) is 11.5. The summed E-state index contributed by atoms with van der Waals surface area (Å²) in [5, 5.41) is 0. The van der Waals surface area contributed by atoms with Gasteiger partial charge in [-0.05, 0) is 55.9 Å². The molecule has 100 valence electrons. The number of nitrogens with two attached hydrogens (primary N) is 1. The van der Waals surface area contributed by atoms with Crippen molar-refractivity contribution in [3.8, 4) is 0 Å². The van der Waals surface area contributed by atoms with Crippen molar-refractivity contribution in [2.24, 2.45) is 5.73 Å². The van der Waals surface area contributed by atoms with Crippen molar-refractivity contribution in [3.63, 3.8) is 0 Å². The molecule has 1 aliphatic rings. The Morgan fingerprint density at radius 3 is 2.78 bits per heavy atom. The van der Waals surface area contributed by atoms with Gasteiger partial charge in [-0.2, -0.15) is 0 Å². The molecular formula is C13H20N2O2S. The Morgan fingerprint density at radius 2 is 2.06 bits per heavy atom. The van der Waals surface area contributed by atoms with Crippen molar-refractivity contribution in [1.82, 2.24) is 4.72 Å². The average Bonchev–Trinajstić information content (AvgIpc) is 2.74. The third kappa shape index (κ3) is 3.10. The molecule has 4 nitrogen and oxygen atoms in total. The number of rotatable bonds is 5. The van der Waals surface area contributed by atoms with Crippen molar-refractivity contribution < 1.29 is 8.42 Å². The SMILES string of the molecule is CC(N)CCNS(=O)(=O)c1ccc2c(c1)CCC2. The minimum absolute atomic E-state index is 0.00715. The quantitative estimate of drug-likeness (QED) is 0.842. The second kappa shape index (κ2) is 5.38. The molecule has 1 aromatic carbocycles. The largest absolute Gasteiger partial charge is 0.328 e. The number of nitrogens with one attached hydrogen (secondary N) is 1. The third-order valence-corrected chi connectivity index (χ3v) is 4.73. The highest BCUT2D eigenvalue weighted by atomic mass is 32.2. The van der Waals surface area contributed by atoms with Crippen LogP contribution in [-0.2, 0) is 22.9 Å². The maximum atomic E-state index is 12.1. The predicted octanol–water partition coefficient (Wildman–Crippen LogP) is 1.19. The van der Waals surface area contributed by atoms with E-state index in [-0.39, 0.29) is 6.04 Å². The van der Waals surface area contributed by atoms with Crippen LogP contribution in [0.2, 0.25) is 0 Å². The lowest BCUT2D eigenvalue weighted by Gasteiger charge is -2.09. The number of hydrogen-bond donors (Lipinski definition) is 2. The lowest BCUT2D eigenvalue weighted by Crippen LogP contribution is -2.29. The molecule has 0 radical (unpaired) electrons. The molecule has 5 heteroatoms. The maximum Gasteiger partial charge on any atom is 0.240 e. The van der Waals surface area contributed by atoms with Crippen LogP contribution in [0, 0.1) is 0 Å². The van der Waals surface area contributed by atoms with Crippen LogP contribution in [0.4, 0.5) is 0 Å². The molecule has 3 N–H and O–H groups in total. The molecule has 0 saturated carbocycles. The summed E-state index contributed by atoms with van der Waals surface area (Å²) in [5.41, 5.74) is 8.05. The van der Waals surface area contributed by atoms with Crippen LogP contribution < -0.4 is 10.5 Å². The fourth-order valence-corrected chi connectivity index (χ4v) is 3.32. The molecule has 2 rings (SSSR count). The minimum Gasteiger partial charge on any atom is -0.328 e. The van der Waals surface area contributed by atoms with Gasteiger partial charge in [0.1, 0.15) is 0 Å². The Morgan fingerprint density at radius 1 is 1.33 bits per heavy atom. The Balaban J connectivity index is 2.10. The zero-order chi connectivity index (χ0) is 13.2. The summed E-state index contributed by atoms with van der Waals surface area (Å²) in [5.74, 6) is 0. The molecule has 1 unspecified atom stereocenters. The summed E-state index contributed by atoms with van der Waals surface area (Å²) < 4.78 is 26.7. The third-order valence-electron chi connectivity index (χ3n) is 3.27. The van der Waals surface area contributed by atoms with E-state index in [9.17, 15) is 8.42 Å². The molecule has 0 spiro atoms. The first-order valence-electron chi connectivity index (χ1n) is 6.36. The van der Waals surface area contributed by atoms with Crippen LogP contribution in [-0.4, -0.2) is 21.0 Å². The van der Waals surface area contributed by atoms with Crippen molar-refractivity contribution >= 4 is 10.0 Å². The van der Waals surface area contributed by atoms with Gasteiger partial charge in [0.05, 0.1) is 4.90 Å². The minimum atomic E-state index is -3.38. The van der Waals surface area contributed by atoms with Crippen LogP contribution in [0.25, 0.3) is 0 Å². The summed E-state index contributed by atoms with van der Waals surface area (Å²) in [6, 6.07) is 5.44. The molecular weight excluding hydrogens is 248 g/mol. The van der Waals surface area contributed by atoms with E-state index < -0.39 is 10.0 Å². The zero-order valence-electron chi connectivity index (χ0n) is 10.6. The summed E-state index contributed by atoms with van der Waals surface area (Å²) in [6.07, 6.45) is 3.81. The summed E-state index contributed by atoms with van der Waals surface area (Å²) in [4.78, 5) is 0.368. The topological polar surface area (TPSA) is 72.2 Å². The van der Waals surface area contributed by atoms with Crippen molar-refractivity contribution in [3.05, 3.63) is 29.3 Å². The number of hydrogen-bond acceptors (Lipinski definition) is 3. The predicted molar refractivity (Wildman–Crippen MR) is 71.9 cm³/mol. The van der Waals surface area contributed by atoms with Gasteiger partial charge in [0.2, 0.25) is 10.0 Å². The standard InChI is InChI=1S/C13H20N2O2S/c1-10(14)7-8-15-18(16,17)13-6-5-11-3-2-4-12(11)9-13/h5-6,9-10,15H,2-4,7-8,14H2,1H3. The van der Waals surface area contributed by atoms with E-state index in [1.165, 1.54) is 11.1 Å². The van der Waals surface area contributed by atoms with E-state index in [2.05, 4.69) is 4.72 Å². The van der Waals surface area contributed by atoms with Crippen LogP contribution in [0.5, 0.6) is 0 Å². The van der Waals surface area contributed by atoms with Gasteiger partial charge in [-0.3, -0.25) is 0 Å². The van der Waals surface area contributed by atoms with Crippen LogP contribution >= 0.6 is 0 Å². The van der Waals surface area contributed by atoms with Gasteiger partial charge < -0.3 is 5.73 Å². The summed E-state index contributed by atoms with van der Waals surface area (Å²) in [6.45, 7) is 2.25. The molecule has 0 aliphatic heterocycles. The molecule has 0 bridgehead atoms. The first-order chi connectivity index (χ1) is 8.49. The number of fused-ring (bicyclic) bond motifs is 1. The molecule has 0 fully saturated rings. The smallest absolute Gasteiger partial charge is 0.240 e. The lowest BCUT2D eigenvalue weighted by molar-refractivity contribution is 0.571. The lowest BCUT2D eigenvalue weighted by atomic mass is 10.1. The number of sulfonamides is 1. The van der Waals surface area contributed by atoms with Gasteiger partial charge in [0.15, 0.2) is 0 Å². The molecule has 0 aromatic heterocycles. The van der Waals surface area contributed by atoms with Gasteiger partial charge in [0.25, 0.3) is 0 Å². The normalized spacial score (nSPS) is 16.6. The van der Waals surface area contributed by atoms with E-state index in [1.54, 1.807) is 12.1 Å². The molecule has 1 aromatic rings. The van der Waals surface area contributed by atoms with Crippen LogP contribution in [0.15, 0.2) is 23.1 Å². The van der Waals surface area contributed by atoms with Crippen molar-refractivity contribution in [2.45, 2.75) is 43.5 Å². The molecule has 1 atom stereocenters. The van der Waals surface area contributed by atoms with Crippen LogP contribution in [0.1, 0.15) is 30.9 Å². The first kappa shape index (κ1) is 13.5. The summed E-state index contributed by atoms with van der Waals surface area (Å²) >= 11 is 0. The Labute approximate surface area is 109 Å². The van der Waals surface area contributed by atoms with E-state index in [0.717, 1.165) is 19.3 Å². The van der Waals surface area contributed by atoms with E-state index in [0.29, 0.717) is 17.9 Å². The molecule has 18 heavy (non-hydrogen) atoms. The van der Waals surface area contributed by atoms with Gasteiger partial charge in [-0.15, -0.1) is 0 Å². The highest BCUT2D eigenvalue weighted by Gasteiger charge is 2.17. The van der Waals surface area contributed by atoms with Crippen molar-refractivity contribution in [2.75, 3.05) is 6.54 Å². The van der Waals surface area contributed by atoms with Gasteiger partial charge in [-0.25, -0.2) is 13.1 Å². The molecule has 0 saturated heterocycles. The summed E-state index contributed by atoms with van der Waals surface area (Å²) in [7, 11) is -3.38. The molecule has 1 aliphatic carbocycles. The number of aryl methyl sites for hydroxylation is 2. The maximum absolute atomic E-state index is 12.1. The van der Waals surface area contributed by atoms with E-state index in [1.807, 2.05) is 13.0 Å². The van der Waals surface area contributed by atoms with E-state index >= 15 is 0 Å². The molecule has 0 amide bonds. The monoisotopic (exact) mass is 268 g/mol. The van der Waals surface area contributed by atoms with Gasteiger partial charge >= 0.3 is 0 Å². The van der Waals surface area contributed by atoms with Gasteiger partial charge in [0, 0.05) is 12.6 Å². The Hall–Kier alpha value is -0.910. The highest BCUT2D eigenvalue weighted by molar-refractivity contribution is 7.89. The second-order valence-electron chi connectivity index (χ2n) is 4.95. The first-order valence-corrected chi connectivity index (χ1v) is 7.84. The van der Waals surface area contributed by atoms with Crippen molar-refractivity contribution in [1.29, 1.82) is 0 Å². The van der Waals surface area contributed by atoms with Gasteiger partial charge in [-0.1, -0.05) is 6.07 Å². The van der Waals surface area contributed by atoms with Crippen LogP contribution in [0.3, 0.4) is 0 Å². The number of benzene rings is 1. The Bertz CT molecular complexity index is 524. The van der Waals surface area contributed by atoms with E-state index in [4.69, 9.17) is 5.73 Å². The average molecular weight is 268 g/mol. The highest BCUT2D eigenvalue weighted by Crippen LogP contribution is 2.24.